The van der Waals surface area contributed by atoms with Gasteiger partial charge >= 0.3 is 5.89 Å². The molecule has 0 spiro atoms. The average molecular weight is 264 g/mol. The molecule has 1 aromatic heterocycles. The van der Waals surface area contributed by atoms with Crippen molar-refractivity contribution < 1.29 is 8.98 Å². The van der Waals surface area contributed by atoms with E-state index >= 15 is 0 Å². The van der Waals surface area contributed by atoms with Crippen LogP contribution in [-0.2, 0) is 0 Å². The van der Waals surface area contributed by atoms with Crippen molar-refractivity contribution in [3.63, 3.8) is 0 Å². The minimum atomic E-state index is 0.884. The Labute approximate surface area is 119 Å². The summed E-state index contributed by atoms with van der Waals surface area (Å²) >= 11 is 0. The van der Waals surface area contributed by atoms with E-state index in [1.165, 1.54) is 11.3 Å². The Morgan fingerprint density at radius 3 is 2.15 bits per heavy atom. The molecule has 0 aliphatic carbocycles. The zero-order valence-electron chi connectivity index (χ0n) is 12.1. The van der Waals surface area contributed by atoms with Gasteiger partial charge in [0, 0.05) is 25.5 Å². The molecule has 0 unspecified atom stereocenters. The number of para-hydroxylation sites is 1. The number of hydrogen-bond acceptors (Lipinski definition) is 1. The average Bonchev–Trinajstić information content (AvgIpc) is 2.77. The predicted octanol–water partition coefficient (Wildman–Crippen LogP) is 4.15. The van der Waals surface area contributed by atoms with Gasteiger partial charge in [-0.3, -0.25) is 0 Å². The third kappa shape index (κ3) is 2.03. The van der Waals surface area contributed by atoms with Crippen molar-refractivity contribution in [1.29, 1.82) is 0 Å². The van der Waals surface area contributed by atoms with Crippen LogP contribution in [0.25, 0.3) is 17.1 Å². The van der Waals surface area contributed by atoms with Crippen LogP contribution in [0.2, 0.25) is 0 Å². The van der Waals surface area contributed by atoms with Crippen LogP contribution in [0, 0.1) is 20.8 Å². The van der Waals surface area contributed by atoms with E-state index in [9.17, 15) is 0 Å². The number of rotatable bonds is 2. The van der Waals surface area contributed by atoms with Crippen LogP contribution in [0.1, 0.15) is 17.0 Å². The first-order valence-corrected chi connectivity index (χ1v) is 6.82. The van der Waals surface area contributed by atoms with Crippen LogP contribution < -0.4 is 4.57 Å². The van der Waals surface area contributed by atoms with Crippen molar-refractivity contribution in [2.45, 2.75) is 20.8 Å². The second kappa shape index (κ2) is 4.97. The summed E-state index contributed by atoms with van der Waals surface area (Å²) in [6.07, 6.45) is 0. The predicted molar refractivity (Wildman–Crippen MR) is 79.9 cm³/mol. The van der Waals surface area contributed by atoms with Gasteiger partial charge in [-0.05, 0) is 19.1 Å². The van der Waals surface area contributed by atoms with Gasteiger partial charge < -0.3 is 4.42 Å². The molecule has 0 radical (unpaired) electrons. The SMILES string of the molecule is Cc1ccccc1-[n+]1c(-c2ccccc2)oc(C)c1C. The molecule has 20 heavy (non-hydrogen) atoms. The molecule has 0 saturated heterocycles. The number of aryl methyl sites for hydroxylation is 2. The highest BCUT2D eigenvalue weighted by Crippen LogP contribution is 2.22. The summed E-state index contributed by atoms with van der Waals surface area (Å²) in [4.78, 5) is 0. The molecule has 0 aliphatic rings. The molecule has 1 heterocycles. The highest BCUT2D eigenvalue weighted by atomic mass is 16.4. The van der Waals surface area contributed by atoms with E-state index in [1.807, 2.05) is 25.1 Å². The van der Waals surface area contributed by atoms with Gasteiger partial charge in [0.1, 0.15) is 0 Å². The zero-order valence-corrected chi connectivity index (χ0v) is 12.1. The molecule has 3 rings (SSSR count). The molecule has 0 bridgehead atoms. The minimum Gasteiger partial charge on any atom is -0.403 e. The molecule has 0 atom stereocenters. The molecule has 2 nitrogen and oxygen atoms in total. The Hall–Kier alpha value is -2.35. The number of aromatic nitrogens is 1. The van der Waals surface area contributed by atoms with Crippen molar-refractivity contribution in [3.8, 4) is 17.1 Å². The summed E-state index contributed by atoms with van der Waals surface area (Å²) in [6, 6.07) is 18.6. The molecule has 0 fully saturated rings. The quantitative estimate of drug-likeness (QED) is 0.635. The van der Waals surface area contributed by atoms with Gasteiger partial charge in [0.2, 0.25) is 11.4 Å². The van der Waals surface area contributed by atoms with Gasteiger partial charge in [-0.1, -0.05) is 36.4 Å². The smallest absolute Gasteiger partial charge is 0.386 e. The van der Waals surface area contributed by atoms with Crippen LogP contribution in [-0.4, -0.2) is 0 Å². The molecule has 0 aliphatic heterocycles. The van der Waals surface area contributed by atoms with Gasteiger partial charge in [0.25, 0.3) is 0 Å². The summed E-state index contributed by atoms with van der Waals surface area (Å²) < 4.78 is 8.20. The Bertz CT molecular complexity index is 741. The maximum absolute atomic E-state index is 6.00. The van der Waals surface area contributed by atoms with Gasteiger partial charge in [-0.25, -0.2) is 0 Å². The molecular formula is C18H18NO+. The molecule has 2 heteroatoms. The highest BCUT2D eigenvalue weighted by Gasteiger charge is 2.27. The van der Waals surface area contributed by atoms with Crippen molar-refractivity contribution >= 4 is 0 Å². The van der Waals surface area contributed by atoms with E-state index in [0.29, 0.717) is 0 Å². The van der Waals surface area contributed by atoms with E-state index in [-0.39, 0.29) is 0 Å². The first kappa shape index (κ1) is 12.7. The molecule has 100 valence electrons. The summed E-state index contributed by atoms with van der Waals surface area (Å²) in [7, 11) is 0. The van der Waals surface area contributed by atoms with Crippen LogP contribution in [0.3, 0.4) is 0 Å². The van der Waals surface area contributed by atoms with Gasteiger partial charge in [0.05, 0.1) is 5.56 Å². The van der Waals surface area contributed by atoms with Crippen molar-refractivity contribution in [1.82, 2.24) is 0 Å². The third-order valence-corrected chi connectivity index (χ3v) is 3.67. The Kier molecular flexibility index (Phi) is 3.15. The molecule has 0 saturated carbocycles. The standard InChI is InChI=1S/C18H18NO/c1-13-9-7-8-12-17(13)19-14(2)15(3)20-18(19)16-10-5-4-6-11-16/h4-12H,1-3H3/q+1. The monoisotopic (exact) mass is 264 g/mol. The topological polar surface area (TPSA) is 17.0 Å². The van der Waals surface area contributed by atoms with Gasteiger partial charge in [0.15, 0.2) is 5.76 Å². The Morgan fingerprint density at radius 2 is 1.45 bits per heavy atom. The normalized spacial score (nSPS) is 10.8. The van der Waals surface area contributed by atoms with Crippen molar-refractivity contribution in [3.05, 3.63) is 71.6 Å². The van der Waals surface area contributed by atoms with Gasteiger partial charge in [-0.2, -0.15) is 0 Å². The lowest BCUT2D eigenvalue weighted by molar-refractivity contribution is -0.593. The number of oxazole rings is 1. The summed E-state index contributed by atoms with van der Waals surface area (Å²) in [5.74, 6) is 1.84. The zero-order chi connectivity index (χ0) is 14.1. The Morgan fingerprint density at radius 1 is 0.800 bits per heavy atom. The van der Waals surface area contributed by atoms with Gasteiger partial charge in [-0.15, -0.1) is 4.57 Å². The first-order valence-electron chi connectivity index (χ1n) is 6.82. The lowest BCUT2D eigenvalue weighted by atomic mass is 10.1. The lowest BCUT2D eigenvalue weighted by Crippen LogP contribution is -2.35. The molecule has 0 N–H and O–H groups in total. The molecule has 2 aromatic carbocycles. The maximum atomic E-state index is 6.00. The highest BCUT2D eigenvalue weighted by molar-refractivity contribution is 5.51. The maximum Gasteiger partial charge on any atom is 0.386 e. The molecule has 3 aromatic rings. The number of hydrogen-bond donors (Lipinski definition) is 0. The largest absolute Gasteiger partial charge is 0.403 e. The van der Waals surface area contributed by atoms with E-state index < -0.39 is 0 Å². The number of nitrogens with zero attached hydrogens (tertiary/aromatic N) is 1. The van der Waals surface area contributed by atoms with Crippen LogP contribution in [0.4, 0.5) is 0 Å². The molecule has 0 amide bonds. The summed E-state index contributed by atoms with van der Waals surface area (Å²) in [5.41, 5.74) is 4.63. The van der Waals surface area contributed by atoms with Crippen molar-refractivity contribution in [2.75, 3.05) is 0 Å². The fraction of sp³-hybridized carbons (Fsp3) is 0.167. The van der Waals surface area contributed by atoms with E-state index in [1.54, 1.807) is 0 Å². The second-order valence-electron chi connectivity index (χ2n) is 5.04. The Balaban J connectivity index is 2.29. The van der Waals surface area contributed by atoms with Crippen LogP contribution in [0.15, 0.2) is 59.0 Å². The molecular weight excluding hydrogens is 246 g/mol. The first-order chi connectivity index (χ1) is 9.68. The summed E-state index contributed by atoms with van der Waals surface area (Å²) in [6.45, 7) is 6.23. The van der Waals surface area contributed by atoms with Crippen LogP contribution >= 0.6 is 0 Å². The fourth-order valence-corrected chi connectivity index (χ4v) is 2.45. The lowest BCUT2D eigenvalue weighted by Gasteiger charge is -2.01. The van der Waals surface area contributed by atoms with Crippen molar-refractivity contribution in [2.24, 2.45) is 0 Å². The van der Waals surface area contributed by atoms with Crippen LogP contribution in [0.5, 0.6) is 0 Å². The fourth-order valence-electron chi connectivity index (χ4n) is 2.45. The second-order valence-corrected chi connectivity index (χ2v) is 5.04. The van der Waals surface area contributed by atoms with E-state index in [0.717, 1.165) is 22.9 Å². The van der Waals surface area contributed by atoms with E-state index in [4.69, 9.17) is 4.42 Å². The van der Waals surface area contributed by atoms with E-state index in [2.05, 4.69) is 54.8 Å². The minimum absolute atomic E-state index is 0.884. The summed E-state index contributed by atoms with van der Waals surface area (Å²) in [5, 5.41) is 0. The number of benzene rings is 2. The third-order valence-electron chi connectivity index (χ3n) is 3.67.